The van der Waals surface area contributed by atoms with Gasteiger partial charge in [-0.25, -0.2) is 8.42 Å². The van der Waals surface area contributed by atoms with Crippen LogP contribution in [0.2, 0.25) is 0 Å². The molecule has 0 bridgehead atoms. The van der Waals surface area contributed by atoms with Crippen molar-refractivity contribution in [3.63, 3.8) is 0 Å². The van der Waals surface area contributed by atoms with Crippen molar-refractivity contribution in [1.82, 2.24) is 4.90 Å². The number of unbranched alkanes of at least 4 members (excludes halogenated alkanes) is 2. The average molecular weight is 436 g/mol. The fourth-order valence-corrected chi connectivity index (χ4v) is 4.84. The van der Waals surface area contributed by atoms with Crippen LogP contribution >= 0.6 is 11.6 Å². The predicted octanol–water partition coefficient (Wildman–Crippen LogP) is 5.07. The summed E-state index contributed by atoms with van der Waals surface area (Å²) in [6.45, 7) is 2.42. The fraction of sp³-hybridized carbons (Fsp3) is 0.435. The summed E-state index contributed by atoms with van der Waals surface area (Å²) in [5, 5.41) is 0. The van der Waals surface area contributed by atoms with Crippen LogP contribution in [0.5, 0.6) is 0 Å². The number of carbonyl (C=O) groups excluding carboxylic acids is 1. The van der Waals surface area contributed by atoms with Crippen molar-refractivity contribution in [2.45, 2.75) is 56.5 Å². The number of benzene rings is 2. The average Bonchev–Trinajstić information content (AvgIpc) is 2.74. The lowest BCUT2D eigenvalue weighted by Crippen LogP contribution is -2.39. The summed E-state index contributed by atoms with van der Waals surface area (Å²) >= 11 is 5.72. The molecule has 0 aliphatic carbocycles. The van der Waals surface area contributed by atoms with E-state index in [1.165, 1.54) is 0 Å². The lowest BCUT2D eigenvalue weighted by Gasteiger charge is -2.30. The number of hydrogen-bond donors (Lipinski definition) is 0. The van der Waals surface area contributed by atoms with Crippen molar-refractivity contribution in [3.05, 3.63) is 66.2 Å². The number of sulfone groups is 1. The van der Waals surface area contributed by atoms with Gasteiger partial charge in [-0.3, -0.25) is 4.79 Å². The molecule has 0 heterocycles. The number of amides is 1. The topological polar surface area (TPSA) is 54.5 Å². The molecular weight excluding hydrogens is 406 g/mol. The van der Waals surface area contributed by atoms with E-state index in [1.54, 1.807) is 30.3 Å². The summed E-state index contributed by atoms with van der Waals surface area (Å²) in [6, 6.07) is 18.1. The molecular formula is C23H30ClNO3S. The van der Waals surface area contributed by atoms with E-state index < -0.39 is 9.84 Å². The number of rotatable bonds is 12. The highest BCUT2D eigenvalue weighted by molar-refractivity contribution is 7.91. The Morgan fingerprint density at radius 1 is 0.966 bits per heavy atom. The molecule has 1 atom stereocenters. The Hall–Kier alpha value is -1.85. The molecule has 1 amide bonds. The van der Waals surface area contributed by atoms with Gasteiger partial charge in [0.15, 0.2) is 9.84 Å². The minimum Gasteiger partial charge on any atom is -0.336 e. The smallest absolute Gasteiger partial charge is 0.223 e. The molecule has 2 rings (SSSR count). The Morgan fingerprint density at radius 2 is 1.59 bits per heavy atom. The van der Waals surface area contributed by atoms with Gasteiger partial charge in [0.25, 0.3) is 0 Å². The third-order valence-electron chi connectivity index (χ3n) is 4.98. The summed E-state index contributed by atoms with van der Waals surface area (Å²) in [7, 11) is -3.36. The van der Waals surface area contributed by atoms with Gasteiger partial charge >= 0.3 is 0 Å². The molecule has 0 saturated carbocycles. The van der Waals surface area contributed by atoms with Crippen molar-refractivity contribution in [3.8, 4) is 0 Å². The van der Waals surface area contributed by atoms with Gasteiger partial charge in [-0.05, 0) is 43.9 Å². The van der Waals surface area contributed by atoms with Gasteiger partial charge in [0, 0.05) is 24.9 Å². The maximum Gasteiger partial charge on any atom is 0.223 e. The van der Waals surface area contributed by atoms with E-state index in [2.05, 4.69) is 0 Å². The number of halogens is 1. The predicted molar refractivity (Wildman–Crippen MR) is 119 cm³/mol. The lowest BCUT2D eigenvalue weighted by atomic mass is 10.1. The van der Waals surface area contributed by atoms with Gasteiger partial charge in [-0.2, -0.15) is 0 Å². The van der Waals surface area contributed by atoms with Gasteiger partial charge in [-0.1, -0.05) is 55.0 Å². The standard InChI is InChI=1S/C23H30ClNO3S/c1-20(16-18-29(27,28)22-13-7-3-8-14-22)25(19-21-11-5-2-6-12-21)23(26)15-9-4-10-17-24/h2-3,5-8,11-14,20H,4,9-10,15-19H2,1H3. The molecule has 0 aliphatic rings. The second kappa shape index (κ2) is 12.0. The Balaban J connectivity index is 2.04. The second-order valence-corrected chi connectivity index (χ2v) is 9.76. The van der Waals surface area contributed by atoms with E-state index in [1.807, 2.05) is 42.2 Å². The molecule has 29 heavy (non-hydrogen) atoms. The van der Waals surface area contributed by atoms with Crippen LogP contribution in [0.15, 0.2) is 65.6 Å². The maximum absolute atomic E-state index is 12.9. The van der Waals surface area contributed by atoms with Gasteiger partial charge in [-0.15, -0.1) is 11.6 Å². The van der Waals surface area contributed by atoms with Crippen molar-refractivity contribution in [2.24, 2.45) is 0 Å². The fourth-order valence-electron chi connectivity index (χ4n) is 3.19. The first-order chi connectivity index (χ1) is 13.9. The quantitative estimate of drug-likeness (QED) is 0.345. The Bertz CT molecular complexity index is 841. The summed E-state index contributed by atoms with van der Waals surface area (Å²) in [5.74, 6) is 0.687. The van der Waals surface area contributed by atoms with Crippen LogP contribution in [-0.2, 0) is 21.2 Å². The van der Waals surface area contributed by atoms with E-state index in [0.717, 1.165) is 24.8 Å². The summed E-state index contributed by atoms with van der Waals surface area (Å²) in [5.41, 5.74) is 1.04. The van der Waals surface area contributed by atoms with E-state index >= 15 is 0 Å². The van der Waals surface area contributed by atoms with E-state index in [0.29, 0.717) is 30.2 Å². The SMILES string of the molecule is CC(CCS(=O)(=O)c1ccccc1)N(Cc1ccccc1)C(=O)CCCCCCl. The first kappa shape index (κ1) is 23.4. The van der Waals surface area contributed by atoms with Gasteiger partial charge in [0.2, 0.25) is 5.91 Å². The Morgan fingerprint density at radius 3 is 2.21 bits per heavy atom. The highest BCUT2D eigenvalue weighted by Crippen LogP contribution is 2.18. The molecule has 6 heteroatoms. The van der Waals surface area contributed by atoms with E-state index in [-0.39, 0.29) is 17.7 Å². The molecule has 0 saturated heterocycles. The minimum absolute atomic E-state index is 0.0169. The Labute approximate surface area is 179 Å². The molecule has 2 aromatic carbocycles. The molecule has 1 unspecified atom stereocenters. The zero-order valence-electron chi connectivity index (χ0n) is 17.0. The molecule has 158 valence electrons. The van der Waals surface area contributed by atoms with Crippen LogP contribution in [0.1, 0.15) is 44.6 Å². The second-order valence-electron chi connectivity index (χ2n) is 7.28. The van der Waals surface area contributed by atoms with Crippen LogP contribution in [0, 0.1) is 0 Å². The normalized spacial score (nSPS) is 12.5. The monoisotopic (exact) mass is 435 g/mol. The molecule has 0 spiro atoms. The molecule has 0 aliphatic heterocycles. The zero-order chi connectivity index (χ0) is 21.1. The van der Waals surface area contributed by atoms with Crippen LogP contribution in [0.4, 0.5) is 0 Å². The maximum atomic E-state index is 12.9. The minimum atomic E-state index is -3.36. The van der Waals surface area contributed by atoms with Crippen molar-refractivity contribution < 1.29 is 13.2 Å². The van der Waals surface area contributed by atoms with Crippen LogP contribution in [0.3, 0.4) is 0 Å². The molecule has 4 nitrogen and oxygen atoms in total. The molecule has 0 fully saturated rings. The van der Waals surface area contributed by atoms with E-state index in [4.69, 9.17) is 11.6 Å². The van der Waals surface area contributed by atoms with Crippen LogP contribution in [0.25, 0.3) is 0 Å². The first-order valence-corrected chi connectivity index (χ1v) is 12.3. The highest BCUT2D eigenvalue weighted by atomic mass is 35.5. The highest BCUT2D eigenvalue weighted by Gasteiger charge is 2.23. The van der Waals surface area contributed by atoms with Crippen LogP contribution < -0.4 is 0 Å². The molecule has 2 aromatic rings. The van der Waals surface area contributed by atoms with Gasteiger partial charge in [0.1, 0.15) is 0 Å². The molecule has 0 radical (unpaired) electrons. The zero-order valence-corrected chi connectivity index (χ0v) is 18.5. The number of alkyl halides is 1. The third-order valence-corrected chi connectivity index (χ3v) is 7.01. The number of hydrogen-bond acceptors (Lipinski definition) is 3. The van der Waals surface area contributed by atoms with Gasteiger partial charge in [0.05, 0.1) is 10.6 Å². The number of carbonyl (C=O) groups is 1. The molecule has 0 aromatic heterocycles. The Kier molecular flexibility index (Phi) is 9.68. The van der Waals surface area contributed by atoms with Crippen LogP contribution in [-0.4, -0.2) is 36.9 Å². The van der Waals surface area contributed by atoms with Crippen molar-refractivity contribution in [2.75, 3.05) is 11.6 Å². The largest absolute Gasteiger partial charge is 0.336 e. The summed E-state index contributed by atoms with van der Waals surface area (Å²) < 4.78 is 25.2. The van der Waals surface area contributed by atoms with E-state index in [9.17, 15) is 13.2 Å². The number of nitrogens with zero attached hydrogens (tertiary/aromatic N) is 1. The third kappa shape index (κ3) is 7.82. The molecule has 0 N–H and O–H groups in total. The summed E-state index contributed by atoms with van der Waals surface area (Å²) in [4.78, 5) is 15.0. The summed E-state index contributed by atoms with van der Waals surface area (Å²) in [6.07, 6.45) is 3.48. The van der Waals surface area contributed by atoms with Crippen molar-refractivity contribution in [1.29, 1.82) is 0 Å². The first-order valence-electron chi connectivity index (χ1n) is 10.1. The lowest BCUT2D eigenvalue weighted by molar-refractivity contribution is -0.134. The van der Waals surface area contributed by atoms with Gasteiger partial charge < -0.3 is 4.90 Å². The van der Waals surface area contributed by atoms with Crippen molar-refractivity contribution >= 4 is 27.3 Å².